The molecule has 0 saturated carbocycles. The van der Waals surface area contributed by atoms with Crippen LogP contribution in [0, 0.1) is 0 Å². The number of benzene rings is 2. The molecule has 298 valence electrons. The van der Waals surface area contributed by atoms with Gasteiger partial charge in [0.1, 0.15) is 95.4 Å². The predicted octanol–water partition coefficient (Wildman–Crippen LogP) is -3.27. The van der Waals surface area contributed by atoms with Crippen LogP contribution < -0.4 is 14.9 Å². The Kier molecular flexibility index (Phi) is 12.0. The quantitative estimate of drug-likeness (QED) is 0.0964. The van der Waals surface area contributed by atoms with Gasteiger partial charge in [-0.2, -0.15) is 0 Å². The maximum atomic E-state index is 12.7. The monoisotopic (exact) mass is 770 g/mol. The van der Waals surface area contributed by atoms with Gasteiger partial charge in [-0.3, -0.25) is 4.79 Å². The third-order valence-electron chi connectivity index (χ3n) is 9.50. The topological polar surface area (TPSA) is 317 Å². The molecular formula is C34H42O20. The zero-order chi connectivity index (χ0) is 39.2. The Hall–Kier alpha value is -3.71. The first-order chi connectivity index (χ1) is 25.6. The average Bonchev–Trinajstić information content (AvgIpc) is 3.14. The van der Waals surface area contributed by atoms with Crippen molar-refractivity contribution in [1.82, 2.24) is 0 Å². The summed E-state index contributed by atoms with van der Waals surface area (Å²) in [5, 5.41) is 114. The van der Waals surface area contributed by atoms with Crippen molar-refractivity contribution in [2.75, 3.05) is 20.3 Å². The molecule has 4 heterocycles. The fourth-order valence-corrected chi connectivity index (χ4v) is 6.40. The van der Waals surface area contributed by atoms with Crippen molar-refractivity contribution >= 4 is 11.0 Å². The third-order valence-corrected chi connectivity index (χ3v) is 9.50. The van der Waals surface area contributed by atoms with Crippen LogP contribution in [0.2, 0.25) is 0 Å². The van der Waals surface area contributed by atoms with Gasteiger partial charge in [-0.15, -0.1) is 0 Å². The Morgan fingerprint density at radius 1 is 0.704 bits per heavy atom. The Morgan fingerprint density at radius 2 is 1.37 bits per heavy atom. The number of methoxy groups -OCH3 is 1. The molecular weight excluding hydrogens is 728 g/mol. The number of phenolic OH excluding ortho intramolecular Hbond substituents is 2. The minimum absolute atomic E-state index is 0.0354. The second-order valence-electron chi connectivity index (χ2n) is 13.1. The van der Waals surface area contributed by atoms with Gasteiger partial charge < -0.3 is 93.7 Å². The number of hydrogen-bond acceptors (Lipinski definition) is 20. The van der Waals surface area contributed by atoms with Gasteiger partial charge in [0.15, 0.2) is 29.5 Å². The van der Waals surface area contributed by atoms with Gasteiger partial charge in [0.25, 0.3) is 0 Å². The zero-order valence-electron chi connectivity index (χ0n) is 28.6. The molecule has 3 fully saturated rings. The maximum absolute atomic E-state index is 12.7. The molecule has 20 heteroatoms. The molecule has 0 aliphatic carbocycles. The SMILES string of the molecule is COc1cc(-c2cc(=O)c3c(O)cc(O)cc3o2)ccc1OC1OC(COC2OC(CO)C(O)C(O)C2OC2OC(C)C(O)C(O)C2O)C(O)C(O)C1O. The van der Waals surface area contributed by atoms with Gasteiger partial charge in [0.05, 0.1) is 26.4 Å². The summed E-state index contributed by atoms with van der Waals surface area (Å²) in [6.45, 7) is -0.0352. The first kappa shape index (κ1) is 40.0. The van der Waals surface area contributed by atoms with E-state index in [1.165, 1.54) is 32.2 Å². The molecule has 3 saturated heterocycles. The number of aromatic hydroxyl groups is 2. The summed E-state index contributed by atoms with van der Waals surface area (Å²) in [4.78, 5) is 12.7. The normalized spacial score (nSPS) is 37.3. The molecule has 0 bridgehead atoms. The second kappa shape index (κ2) is 16.2. The molecule has 0 radical (unpaired) electrons. The van der Waals surface area contributed by atoms with Gasteiger partial charge >= 0.3 is 0 Å². The highest BCUT2D eigenvalue weighted by molar-refractivity contribution is 5.86. The summed E-state index contributed by atoms with van der Waals surface area (Å²) < 4.78 is 45.2. The standard InChI is InChI=1S/C34H42O20/c1-11-23(39)26(42)29(45)32(49-11)54-31-28(44)24(40)20(9-35)52-34(31)48-10-21-25(41)27(43)30(46)33(53-21)51-16-4-3-12(5-18(16)47-2)17-8-15(38)22-14(37)6-13(36)7-19(22)50-17/h3-8,11,20-21,23-37,39-46H,9-10H2,1-2H3. The lowest BCUT2D eigenvalue weighted by molar-refractivity contribution is -0.369. The molecule has 2 aromatic carbocycles. The van der Waals surface area contributed by atoms with Crippen LogP contribution in [0.3, 0.4) is 0 Å². The predicted molar refractivity (Wildman–Crippen MR) is 176 cm³/mol. The molecule has 54 heavy (non-hydrogen) atoms. The van der Waals surface area contributed by atoms with Crippen LogP contribution >= 0.6 is 0 Å². The van der Waals surface area contributed by atoms with Gasteiger partial charge in [-0.25, -0.2) is 0 Å². The van der Waals surface area contributed by atoms with Crippen molar-refractivity contribution in [3.05, 3.63) is 46.6 Å². The molecule has 1 aromatic heterocycles. The van der Waals surface area contributed by atoms with Crippen molar-refractivity contribution in [3.63, 3.8) is 0 Å². The largest absolute Gasteiger partial charge is 0.508 e. The first-order valence-electron chi connectivity index (χ1n) is 16.8. The van der Waals surface area contributed by atoms with Crippen LogP contribution in [0.25, 0.3) is 22.3 Å². The molecule has 15 unspecified atom stereocenters. The Labute approximate surface area is 305 Å². The number of hydrogen-bond donors (Lipinski definition) is 11. The molecule has 6 rings (SSSR count). The Morgan fingerprint density at radius 3 is 2.07 bits per heavy atom. The van der Waals surface area contributed by atoms with E-state index in [1.807, 2.05) is 0 Å². The molecule has 11 N–H and O–H groups in total. The Balaban J connectivity index is 1.18. The number of ether oxygens (including phenoxy) is 7. The van der Waals surface area contributed by atoms with Gasteiger partial charge in [-0.05, 0) is 25.1 Å². The lowest BCUT2D eigenvalue weighted by Gasteiger charge is -2.46. The molecule has 0 spiro atoms. The van der Waals surface area contributed by atoms with Crippen LogP contribution in [0.15, 0.2) is 45.6 Å². The van der Waals surface area contributed by atoms with Crippen molar-refractivity contribution < 1.29 is 93.7 Å². The van der Waals surface area contributed by atoms with E-state index in [9.17, 15) is 61.0 Å². The average molecular weight is 771 g/mol. The number of aliphatic hydroxyl groups excluding tert-OH is 9. The van der Waals surface area contributed by atoms with Gasteiger partial charge in [-0.1, -0.05) is 0 Å². The van der Waals surface area contributed by atoms with Crippen LogP contribution in [0.5, 0.6) is 23.0 Å². The van der Waals surface area contributed by atoms with Gasteiger partial charge in [0.2, 0.25) is 6.29 Å². The third kappa shape index (κ3) is 7.72. The van der Waals surface area contributed by atoms with E-state index < -0.39 is 117 Å². The van der Waals surface area contributed by atoms with Crippen molar-refractivity contribution in [3.8, 4) is 34.3 Å². The van der Waals surface area contributed by atoms with E-state index >= 15 is 0 Å². The minimum Gasteiger partial charge on any atom is -0.508 e. The lowest BCUT2D eigenvalue weighted by atomic mass is 9.97. The van der Waals surface area contributed by atoms with Crippen molar-refractivity contribution in [1.29, 1.82) is 0 Å². The molecule has 20 nitrogen and oxygen atoms in total. The van der Waals surface area contributed by atoms with Crippen molar-refractivity contribution in [2.45, 2.75) is 99.0 Å². The van der Waals surface area contributed by atoms with E-state index in [0.717, 1.165) is 18.2 Å². The van der Waals surface area contributed by atoms with E-state index in [2.05, 4.69) is 0 Å². The van der Waals surface area contributed by atoms with Crippen LogP contribution in [-0.2, 0) is 23.7 Å². The summed E-state index contributed by atoms with van der Waals surface area (Å²) in [7, 11) is 1.29. The molecule has 15 atom stereocenters. The number of phenols is 2. The molecule has 3 aliphatic rings. The Bertz CT molecular complexity index is 1820. The zero-order valence-corrected chi connectivity index (χ0v) is 28.6. The number of aliphatic hydroxyl groups is 9. The molecule has 0 amide bonds. The summed E-state index contributed by atoms with van der Waals surface area (Å²) in [6.07, 6.45) is -24.5. The lowest BCUT2D eigenvalue weighted by Crippen LogP contribution is -2.64. The maximum Gasteiger partial charge on any atom is 0.229 e. The highest BCUT2D eigenvalue weighted by Gasteiger charge is 2.51. The summed E-state index contributed by atoms with van der Waals surface area (Å²) in [5.74, 6) is -0.764. The van der Waals surface area contributed by atoms with E-state index in [-0.39, 0.29) is 34.0 Å². The second-order valence-corrected chi connectivity index (χ2v) is 13.1. The minimum atomic E-state index is -1.86. The van der Waals surface area contributed by atoms with Crippen LogP contribution in [0.4, 0.5) is 0 Å². The highest BCUT2D eigenvalue weighted by atomic mass is 16.8. The van der Waals surface area contributed by atoms with E-state index in [1.54, 1.807) is 0 Å². The summed E-state index contributed by atoms with van der Waals surface area (Å²) in [5.41, 5.74) is -0.377. The fourth-order valence-electron chi connectivity index (χ4n) is 6.40. The van der Waals surface area contributed by atoms with E-state index in [4.69, 9.17) is 37.6 Å². The van der Waals surface area contributed by atoms with Gasteiger partial charge in [0, 0.05) is 23.8 Å². The first-order valence-corrected chi connectivity index (χ1v) is 16.8. The molecule has 3 aromatic rings. The smallest absolute Gasteiger partial charge is 0.229 e. The number of rotatable bonds is 10. The van der Waals surface area contributed by atoms with Crippen molar-refractivity contribution in [2.24, 2.45) is 0 Å². The molecule has 3 aliphatic heterocycles. The summed E-state index contributed by atoms with van der Waals surface area (Å²) in [6, 6.07) is 7.52. The van der Waals surface area contributed by atoms with E-state index in [0.29, 0.717) is 5.56 Å². The fraction of sp³-hybridized carbons (Fsp3) is 0.559. The number of fused-ring (bicyclic) bond motifs is 1. The highest BCUT2D eigenvalue weighted by Crippen LogP contribution is 2.37. The van der Waals surface area contributed by atoms with Crippen LogP contribution in [-0.4, -0.2) is 169 Å². The summed E-state index contributed by atoms with van der Waals surface area (Å²) >= 11 is 0. The van der Waals surface area contributed by atoms with Crippen LogP contribution in [0.1, 0.15) is 6.92 Å².